The van der Waals surface area contributed by atoms with Gasteiger partial charge in [-0.25, -0.2) is 0 Å². The molecule has 0 unspecified atom stereocenters. The molecule has 8 heteroatoms. The Kier molecular flexibility index (Phi) is 14.5. The zero-order valence-electron chi connectivity index (χ0n) is 23.4. The topological polar surface area (TPSA) is 102 Å². The van der Waals surface area contributed by atoms with Crippen LogP contribution in [0.4, 0.5) is 0 Å². The summed E-state index contributed by atoms with van der Waals surface area (Å²) in [6.45, 7) is 1.48. The molecule has 0 fully saturated rings. The predicted octanol–water partition coefficient (Wildman–Crippen LogP) is 6.57. The second-order valence-corrected chi connectivity index (χ2v) is 9.13. The van der Waals surface area contributed by atoms with Crippen LogP contribution in [-0.4, -0.2) is 64.2 Å². The highest BCUT2D eigenvalue weighted by molar-refractivity contribution is 5.88. The molecule has 210 valence electrons. The highest BCUT2D eigenvalue weighted by Gasteiger charge is 2.10. The quantitative estimate of drug-likeness (QED) is 0.158. The molecule has 0 atom stereocenters. The van der Waals surface area contributed by atoms with E-state index in [-0.39, 0.29) is 11.5 Å². The van der Waals surface area contributed by atoms with Gasteiger partial charge in [0.2, 0.25) is 0 Å². The van der Waals surface area contributed by atoms with Crippen molar-refractivity contribution < 1.29 is 29.2 Å². The van der Waals surface area contributed by atoms with Crippen molar-refractivity contribution in [3.05, 3.63) is 35.4 Å². The molecule has 2 aromatic carbocycles. The van der Waals surface area contributed by atoms with E-state index < -0.39 is 0 Å². The molecule has 2 rings (SSSR count). The van der Waals surface area contributed by atoms with Crippen molar-refractivity contribution in [3.8, 4) is 34.5 Å². The number of rotatable bonds is 19. The van der Waals surface area contributed by atoms with Gasteiger partial charge in [0.1, 0.15) is 34.5 Å². The van der Waals surface area contributed by atoms with Crippen LogP contribution in [0.1, 0.15) is 75.3 Å². The molecule has 0 heterocycles. The monoisotopic (exact) mass is 528 g/mol. The first-order valence-corrected chi connectivity index (χ1v) is 13.4. The number of nitrogens with zero attached hydrogens (tertiary/aromatic N) is 2. The molecular weight excluding hydrogens is 484 g/mol. The van der Waals surface area contributed by atoms with Gasteiger partial charge < -0.3 is 29.2 Å². The van der Waals surface area contributed by atoms with Crippen LogP contribution in [0.15, 0.2) is 34.3 Å². The van der Waals surface area contributed by atoms with Gasteiger partial charge >= 0.3 is 0 Å². The second kappa shape index (κ2) is 17.9. The number of aromatic hydroxyl groups is 2. The number of methoxy groups -OCH3 is 4. The van der Waals surface area contributed by atoms with Crippen molar-refractivity contribution in [2.45, 2.75) is 64.2 Å². The maximum atomic E-state index is 10.2. The average molecular weight is 529 g/mol. The van der Waals surface area contributed by atoms with Crippen molar-refractivity contribution in [3.63, 3.8) is 0 Å². The Morgan fingerprint density at radius 1 is 0.526 bits per heavy atom. The fourth-order valence-electron chi connectivity index (χ4n) is 4.14. The van der Waals surface area contributed by atoms with Crippen molar-refractivity contribution in [1.82, 2.24) is 0 Å². The van der Waals surface area contributed by atoms with Crippen molar-refractivity contribution in [2.75, 3.05) is 41.5 Å². The van der Waals surface area contributed by atoms with E-state index in [4.69, 9.17) is 18.9 Å². The second-order valence-electron chi connectivity index (χ2n) is 9.13. The smallest absolute Gasteiger partial charge is 0.135 e. The largest absolute Gasteiger partial charge is 0.507 e. The zero-order chi connectivity index (χ0) is 27.6. The lowest BCUT2D eigenvalue weighted by atomic mass is 10.1. The molecule has 38 heavy (non-hydrogen) atoms. The van der Waals surface area contributed by atoms with Crippen molar-refractivity contribution >= 4 is 12.4 Å². The van der Waals surface area contributed by atoms with E-state index in [2.05, 4.69) is 9.98 Å². The number of phenols is 2. The summed E-state index contributed by atoms with van der Waals surface area (Å²) < 4.78 is 21.0. The highest BCUT2D eigenvalue weighted by Crippen LogP contribution is 2.32. The van der Waals surface area contributed by atoms with Gasteiger partial charge in [0.25, 0.3) is 0 Å². The molecular formula is C30H44N2O6. The maximum absolute atomic E-state index is 10.2. The molecule has 0 aliphatic carbocycles. The van der Waals surface area contributed by atoms with Gasteiger partial charge in [-0.3, -0.25) is 9.98 Å². The molecule has 0 aliphatic rings. The molecule has 0 radical (unpaired) electrons. The van der Waals surface area contributed by atoms with E-state index >= 15 is 0 Å². The number of unbranched alkanes of at least 4 members (excludes halogenated alkanes) is 9. The molecule has 2 aromatic rings. The first-order chi connectivity index (χ1) is 18.5. The van der Waals surface area contributed by atoms with Crippen LogP contribution >= 0.6 is 0 Å². The lowest BCUT2D eigenvalue weighted by Crippen LogP contribution is -1.94. The minimum absolute atomic E-state index is 0.104. The minimum Gasteiger partial charge on any atom is -0.507 e. The summed E-state index contributed by atoms with van der Waals surface area (Å²) in [5, 5.41) is 20.3. The predicted molar refractivity (Wildman–Crippen MR) is 154 cm³/mol. The Morgan fingerprint density at radius 3 is 1.18 bits per heavy atom. The molecule has 0 saturated heterocycles. The summed E-state index contributed by atoms with van der Waals surface area (Å²) in [5.41, 5.74) is 1.16. The molecule has 0 spiro atoms. The van der Waals surface area contributed by atoms with Crippen LogP contribution in [-0.2, 0) is 0 Å². The number of phenolic OH excluding ortho intramolecular Hbond substituents is 2. The van der Waals surface area contributed by atoms with Crippen molar-refractivity contribution in [1.29, 1.82) is 0 Å². The lowest BCUT2D eigenvalue weighted by molar-refractivity contribution is 0.384. The van der Waals surface area contributed by atoms with Crippen LogP contribution in [0.5, 0.6) is 34.5 Å². The van der Waals surface area contributed by atoms with E-state index in [1.54, 1.807) is 65.1 Å². The fourth-order valence-corrected chi connectivity index (χ4v) is 4.14. The average Bonchev–Trinajstić information content (AvgIpc) is 2.93. The standard InChI is InChI=1S/C30H44N2O6/c1-35-23-17-27(33)25(29(19-23)37-3)21-31-15-13-11-9-7-5-6-8-10-12-14-16-32-22-26-28(34)18-24(36-2)20-30(26)38-4/h17-22,33-34H,5-16H2,1-4H3/b31-21+,32-22+. The van der Waals surface area contributed by atoms with Gasteiger partial charge in [0.05, 0.1) is 39.6 Å². The van der Waals surface area contributed by atoms with E-state index in [0.717, 1.165) is 38.8 Å². The fraction of sp³-hybridized carbons (Fsp3) is 0.533. The minimum atomic E-state index is 0.104. The summed E-state index contributed by atoms with van der Waals surface area (Å²) >= 11 is 0. The molecule has 0 aromatic heterocycles. The summed E-state index contributed by atoms with van der Waals surface area (Å²) in [5.74, 6) is 2.41. The summed E-state index contributed by atoms with van der Waals surface area (Å²) in [6, 6.07) is 6.60. The van der Waals surface area contributed by atoms with Gasteiger partial charge in [-0.15, -0.1) is 0 Å². The zero-order valence-corrected chi connectivity index (χ0v) is 23.4. The van der Waals surface area contributed by atoms with E-state index in [1.807, 2.05) is 0 Å². The molecule has 8 nitrogen and oxygen atoms in total. The van der Waals surface area contributed by atoms with Gasteiger partial charge in [0.15, 0.2) is 0 Å². The molecule has 0 aliphatic heterocycles. The van der Waals surface area contributed by atoms with E-state index in [1.165, 1.54) is 38.5 Å². The number of benzene rings is 2. The molecule has 0 bridgehead atoms. The van der Waals surface area contributed by atoms with Gasteiger partial charge in [-0.1, -0.05) is 51.4 Å². The third-order valence-corrected chi connectivity index (χ3v) is 6.36. The summed E-state index contributed by atoms with van der Waals surface area (Å²) in [7, 11) is 6.24. The Hall–Kier alpha value is -3.42. The molecule has 0 amide bonds. The number of aliphatic imine (C=N–C) groups is 2. The normalized spacial score (nSPS) is 11.4. The maximum Gasteiger partial charge on any atom is 0.135 e. The third kappa shape index (κ3) is 10.5. The van der Waals surface area contributed by atoms with Gasteiger partial charge in [-0.05, 0) is 12.8 Å². The molecule has 0 saturated carbocycles. The van der Waals surface area contributed by atoms with Crippen LogP contribution in [0.2, 0.25) is 0 Å². The third-order valence-electron chi connectivity index (χ3n) is 6.36. The van der Waals surface area contributed by atoms with Gasteiger partial charge in [-0.2, -0.15) is 0 Å². The van der Waals surface area contributed by atoms with Crippen molar-refractivity contribution in [2.24, 2.45) is 9.98 Å². The van der Waals surface area contributed by atoms with Crippen LogP contribution in [0.3, 0.4) is 0 Å². The molecule has 2 N–H and O–H groups in total. The summed E-state index contributed by atoms with van der Waals surface area (Å²) in [6.07, 6.45) is 15.3. The summed E-state index contributed by atoms with van der Waals surface area (Å²) in [4.78, 5) is 8.91. The highest BCUT2D eigenvalue weighted by atomic mass is 16.5. The van der Waals surface area contributed by atoms with Crippen LogP contribution < -0.4 is 18.9 Å². The van der Waals surface area contributed by atoms with E-state index in [9.17, 15) is 10.2 Å². The first-order valence-electron chi connectivity index (χ1n) is 13.4. The number of hydrogen-bond acceptors (Lipinski definition) is 8. The Labute approximate surface area is 227 Å². The van der Waals surface area contributed by atoms with Crippen LogP contribution in [0, 0.1) is 0 Å². The van der Waals surface area contributed by atoms with E-state index in [0.29, 0.717) is 34.1 Å². The number of hydrogen-bond donors (Lipinski definition) is 2. The lowest BCUT2D eigenvalue weighted by Gasteiger charge is -2.09. The first kappa shape index (κ1) is 30.8. The van der Waals surface area contributed by atoms with Crippen LogP contribution in [0.25, 0.3) is 0 Å². The van der Waals surface area contributed by atoms with Gasteiger partial charge in [0, 0.05) is 49.8 Å². The Morgan fingerprint density at radius 2 is 0.868 bits per heavy atom. The SMILES string of the molecule is COc1cc(O)c(/C=N/CCCCCCCCCCCC/N=C/c2c(O)cc(OC)cc2OC)c(OC)c1. The Balaban J connectivity index is 1.49. The Bertz CT molecular complexity index is 941. The number of ether oxygens (including phenoxy) is 4.